The van der Waals surface area contributed by atoms with Crippen molar-refractivity contribution in [1.29, 1.82) is 0 Å². The molecule has 0 aromatic heterocycles. The summed E-state index contributed by atoms with van der Waals surface area (Å²) < 4.78 is 0. The van der Waals surface area contributed by atoms with Crippen molar-refractivity contribution in [2.75, 3.05) is 6.54 Å². The summed E-state index contributed by atoms with van der Waals surface area (Å²) in [5.41, 5.74) is 2.47. The van der Waals surface area contributed by atoms with Gasteiger partial charge in [0.15, 0.2) is 0 Å². The molecule has 0 saturated heterocycles. The van der Waals surface area contributed by atoms with Crippen molar-refractivity contribution in [2.45, 2.75) is 51.9 Å². The van der Waals surface area contributed by atoms with Crippen LogP contribution in [-0.4, -0.2) is 23.5 Å². The van der Waals surface area contributed by atoms with Crippen LogP contribution in [0.15, 0.2) is 24.3 Å². The van der Waals surface area contributed by atoms with Crippen molar-refractivity contribution in [2.24, 2.45) is 0 Å². The second kappa shape index (κ2) is 9.16. The molecule has 2 N–H and O–H groups in total. The first-order chi connectivity index (χ1) is 9.99. The predicted molar refractivity (Wildman–Crippen MR) is 83.3 cm³/mol. The van der Waals surface area contributed by atoms with Crippen LogP contribution in [-0.2, 0) is 16.0 Å². The van der Waals surface area contributed by atoms with Crippen LogP contribution in [0.3, 0.4) is 0 Å². The molecule has 0 saturated carbocycles. The largest absolute Gasteiger partial charge is 0.481 e. The molecule has 0 atom stereocenters. The van der Waals surface area contributed by atoms with Gasteiger partial charge in [0.05, 0.1) is 0 Å². The van der Waals surface area contributed by atoms with E-state index >= 15 is 0 Å². The van der Waals surface area contributed by atoms with E-state index in [9.17, 15) is 9.59 Å². The number of hydrogen-bond donors (Lipinski definition) is 2. The molecule has 1 amide bonds. The molecule has 0 spiro atoms. The van der Waals surface area contributed by atoms with Gasteiger partial charge < -0.3 is 10.4 Å². The van der Waals surface area contributed by atoms with E-state index in [-0.39, 0.29) is 12.3 Å². The van der Waals surface area contributed by atoms with Crippen molar-refractivity contribution in [1.82, 2.24) is 5.32 Å². The SMILES string of the molecule is CC(C)c1ccc(CCC(=O)NCCCCC(=O)O)cc1. The molecule has 4 heteroatoms. The van der Waals surface area contributed by atoms with E-state index in [0.29, 0.717) is 31.7 Å². The maximum absolute atomic E-state index is 11.7. The third kappa shape index (κ3) is 7.49. The Morgan fingerprint density at radius 1 is 1.10 bits per heavy atom. The average Bonchev–Trinajstić information content (AvgIpc) is 2.44. The molecular formula is C17H25NO3. The Kier molecular flexibility index (Phi) is 7.51. The highest BCUT2D eigenvalue weighted by Gasteiger charge is 2.03. The highest BCUT2D eigenvalue weighted by molar-refractivity contribution is 5.76. The van der Waals surface area contributed by atoms with Crippen LogP contribution >= 0.6 is 0 Å². The zero-order chi connectivity index (χ0) is 15.7. The fraction of sp³-hybridized carbons (Fsp3) is 0.529. The minimum absolute atomic E-state index is 0.0262. The number of carbonyl (C=O) groups excluding carboxylic acids is 1. The minimum atomic E-state index is -0.786. The van der Waals surface area contributed by atoms with Crippen molar-refractivity contribution < 1.29 is 14.7 Å². The van der Waals surface area contributed by atoms with Crippen LogP contribution < -0.4 is 5.32 Å². The Morgan fingerprint density at radius 2 is 1.76 bits per heavy atom. The molecule has 21 heavy (non-hydrogen) atoms. The van der Waals surface area contributed by atoms with E-state index in [2.05, 4.69) is 43.4 Å². The molecule has 1 aromatic carbocycles. The first-order valence-corrected chi connectivity index (χ1v) is 7.56. The van der Waals surface area contributed by atoms with Gasteiger partial charge in [-0.3, -0.25) is 9.59 Å². The summed E-state index contributed by atoms with van der Waals surface area (Å²) in [5.74, 6) is -0.238. The Balaban J connectivity index is 2.19. The quantitative estimate of drug-likeness (QED) is 0.687. The van der Waals surface area contributed by atoms with Crippen LogP contribution in [0.2, 0.25) is 0 Å². The zero-order valence-corrected chi connectivity index (χ0v) is 12.9. The van der Waals surface area contributed by atoms with Crippen molar-refractivity contribution in [3.8, 4) is 0 Å². The molecule has 0 heterocycles. The summed E-state index contributed by atoms with van der Waals surface area (Å²) in [6.45, 7) is 4.87. The summed E-state index contributed by atoms with van der Waals surface area (Å²) in [6, 6.07) is 8.39. The molecule has 1 rings (SSSR count). The van der Waals surface area contributed by atoms with Crippen LogP contribution in [0.5, 0.6) is 0 Å². The number of benzene rings is 1. The number of rotatable bonds is 9. The van der Waals surface area contributed by atoms with E-state index in [1.54, 1.807) is 0 Å². The summed E-state index contributed by atoms with van der Waals surface area (Å²) >= 11 is 0. The van der Waals surface area contributed by atoms with Crippen LogP contribution in [0.1, 0.15) is 56.6 Å². The predicted octanol–water partition coefficient (Wildman–Crippen LogP) is 3.11. The average molecular weight is 291 g/mol. The van der Waals surface area contributed by atoms with Gasteiger partial charge in [-0.1, -0.05) is 38.1 Å². The Bertz CT molecular complexity index is 452. The zero-order valence-electron chi connectivity index (χ0n) is 12.9. The van der Waals surface area contributed by atoms with Crippen LogP contribution in [0.25, 0.3) is 0 Å². The van der Waals surface area contributed by atoms with Gasteiger partial charge in [0.25, 0.3) is 0 Å². The minimum Gasteiger partial charge on any atom is -0.481 e. The number of carboxylic acids is 1. The molecule has 0 bridgehead atoms. The monoisotopic (exact) mass is 291 g/mol. The maximum atomic E-state index is 11.7. The molecule has 1 aromatic rings. The van der Waals surface area contributed by atoms with Gasteiger partial charge in [-0.2, -0.15) is 0 Å². The summed E-state index contributed by atoms with van der Waals surface area (Å²) in [7, 11) is 0. The number of unbranched alkanes of at least 4 members (excludes halogenated alkanes) is 1. The third-order valence-electron chi connectivity index (χ3n) is 3.43. The standard InChI is InChI=1S/C17H25NO3/c1-13(2)15-9-6-14(7-10-15)8-11-16(19)18-12-4-3-5-17(20)21/h6-7,9-10,13H,3-5,8,11-12H2,1-2H3,(H,18,19)(H,20,21). The van der Waals surface area contributed by atoms with E-state index in [0.717, 1.165) is 6.42 Å². The van der Waals surface area contributed by atoms with Crippen LogP contribution in [0, 0.1) is 0 Å². The highest BCUT2D eigenvalue weighted by Crippen LogP contribution is 2.15. The molecule has 4 nitrogen and oxygen atoms in total. The molecule has 0 aliphatic heterocycles. The first-order valence-electron chi connectivity index (χ1n) is 7.56. The smallest absolute Gasteiger partial charge is 0.303 e. The number of carboxylic acid groups (broad SMARTS) is 1. The lowest BCUT2D eigenvalue weighted by Gasteiger charge is -2.07. The lowest BCUT2D eigenvalue weighted by Crippen LogP contribution is -2.24. The number of amides is 1. The first kappa shape index (κ1) is 17.2. The van der Waals surface area contributed by atoms with Crippen molar-refractivity contribution in [3.63, 3.8) is 0 Å². The lowest BCUT2D eigenvalue weighted by molar-refractivity contribution is -0.137. The normalized spacial score (nSPS) is 10.6. The Morgan fingerprint density at radius 3 is 2.33 bits per heavy atom. The van der Waals surface area contributed by atoms with Crippen LogP contribution in [0.4, 0.5) is 0 Å². The molecule has 0 fully saturated rings. The van der Waals surface area contributed by atoms with Gasteiger partial charge in [0.2, 0.25) is 5.91 Å². The van der Waals surface area contributed by atoms with E-state index < -0.39 is 5.97 Å². The third-order valence-corrected chi connectivity index (χ3v) is 3.43. The molecule has 116 valence electrons. The topological polar surface area (TPSA) is 66.4 Å². The second-order valence-electron chi connectivity index (χ2n) is 5.60. The molecule has 0 radical (unpaired) electrons. The number of aliphatic carboxylic acids is 1. The molecule has 0 aliphatic carbocycles. The molecular weight excluding hydrogens is 266 g/mol. The maximum Gasteiger partial charge on any atom is 0.303 e. The van der Waals surface area contributed by atoms with Gasteiger partial charge in [-0.15, -0.1) is 0 Å². The van der Waals surface area contributed by atoms with Gasteiger partial charge in [0.1, 0.15) is 0 Å². The van der Waals surface area contributed by atoms with E-state index in [1.807, 2.05) is 0 Å². The Labute approximate surface area is 126 Å². The number of aryl methyl sites for hydroxylation is 1. The Hall–Kier alpha value is -1.84. The van der Waals surface area contributed by atoms with Gasteiger partial charge in [0, 0.05) is 19.4 Å². The molecule has 0 aliphatic rings. The fourth-order valence-electron chi connectivity index (χ4n) is 2.04. The van der Waals surface area contributed by atoms with Gasteiger partial charge in [-0.25, -0.2) is 0 Å². The fourth-order valence-corrected chi connectivity index (χ4v) is 2.04. The number of carbonyl (C=O) groups is 2. The summed E-state index contributed by atoms with van der Waals surface area (Å²) in [6.07, 6.45) is 2.69. The lowest BCUT2D eigenvalue weighted by atomic mass is 10.0. The number of hydrogen-bond acceptors (Lipinski definition) is 2. The second-order valence-corrected chi connectivity index (χ2v) is 5.60. The number of nitrogens with one attached hydrogen (secondary N) is 1. The van der Waals surface area contributed by atoms with E-state index in [4.69, 9.17) is 5.11 Å². The van der Waals surface area contributed by atoms with Crippen molar-refractivity contribution in [3.05, 3.63) is 35.4 Å². The summed E-state index contributed by atoms with van der Waals surface area (Å²) in [4.78, 5) is 22.0. The van der Waals surface area contributed by atoms with E-state index in [1.165, 1.54) is 11.1 Å². The molecule has 0 unspecified atom stereocenters. The van der Waals surface area contributed by atoms with Crippen molar-refractivity contribution >= 4 is 11.9 Å². The van der Waals surface area contributed by atoms with Gasteiger partial charge in [-0.05, 0) is 36.3 Å². The van der Waals surface area contributed by atoms with Gasteiger partial charge >= 0.3 is 5.97 Å². The highest BCUT2D eigenvalue weighted by atomic mass is 16.4. The summed E-state index contributed by atoms with van der Waals surface area (Å²) in [5, 5.41) is 11.3.